The van der Waals surface area contributed by atoms with Crippen molar-refractivity contribution in [3.05, 3.63) is 68.3 Å². The minimum atomic E-state index is -0.513. The van der Waals surface area contributed by atoms with Crippen LogP contribution in [-0.2, 0) is 9.59 Å². The van der Waals surface area contributed by atoms with Gasteiger partial charge in [0, 0.05) is 27.9 Å². The standard InChI is InChI=1S/C20H17ClN4O2S2/c1-11-17(12(2)26)18(13-3-5-14(21)6-4-13)15(9-22)19(24-11)29-10-16(27)25-20-23-7-8-28-20/h3-8,18,24H,10H2,1-2H3,(H,23,25,27). The number of rotatable bonds is 6. The lowest BCUT2D eigenvalue weighted by atomic mass is 9.81. The molecule has 29 heavy (non-hydrogen) atoms. The third kappa shape index (κ3) is 4.88. The van der Waals surface area contributed by atoms with Gasteiger partial charge in [0.1, 0.15) is 0 Å². The molecular formula is C20H17ClN4O2S2. The number of ketones is 1. The Morgan fingerprint density at radius 3 is 2.69 bits per heavy atom. The molecule has 1 aromatic carbocycles. The molecule has 9 heteroatoms. The Bertz CT molecular complexity index is 1040. The Morgan fingerprint density at radius 1 is 1.38 bits per heavy atom. The smallest absolute Gasteiger partial charge is 0.236 e. The molecule has 6 nitrogen and oxygen atoms in total. The lowest BCUT2D eigenvalue weighted by Crippen LogP contribution is -2.27. The zero-order valence-electron chi connectivity index (χ0n) is 15.7. The van der Waals surface area contributed by atoms with Crippen LogP contribution < -0.4 is 10.6 Å². The van der Waals surface area contributed by atoms with Gasteiger partial charge in [0.15, 0.2) is 10.9 Å². The van der Waals surface area contributed by atoms with Gasteiger partial charge in [0.05, 0.1) is 28.3 Å². The monoisotopic (exact) mass is 444 g/mol. The highest BCUT2D eigenvalue weighted by Crippen LogP contribution is 2.41. The Balaban J connectivity index is 1.90. The molecule has 148 valence electrons. The Kier molecular flexibility index (Phi) is 6.75. The molecule has 1 aliphatic rings. The minimum Gasteiger partial charge on any atom is -0.353 e. The summed E-state index contributed by atoms with van der Waals surface area (Å²) in [5.74, 6) is -0.754. The van der Waals surface area contributed by atoms with Crippen LogP contribution >= 0.6 is 34.7 Å². The van der Waals surface area contributed by atoms with E-state index in [9.17, 15) is 14.9 Å². The number of dihydropyridines is 1. The summed E-state index contributed by atoms with van der Waals surface area (Å²) in [6, 6.07) is 9.31. The molecule has 0 bridgehead atoms. The zero-order valence-corrected chi connectivity index (χ0v) is 18.0. The van der Waals surface area contributed by atoms with Crippen molar-refractivity contribution in [3.63, 3.8) is 0 Å². The molecule has 0 spiro atoms. The van der Waals surface area contributed by atoms with Crippen LogP contribution in [0, 0.1) is 11.3 Å². The van der Waals surface area contributed by atoms with E-state index in [1.165, 1.54) is 30.0 Å². The van der Waals surface area contributed by atoms with Crippen LogP contribution in [-0.4, -0.2) is 22.4 Å². The lowest BCUT2D eigenvalue weighted by molar-refractivity contribution is -0.114. The number of allylic oxidation sites excluding steroid dienone is 3. The topological polar surface area (TPSA) is 94.9 Å². The highest BCUT2D eigenvalue weighted by Gasteiger charge is 2.33. The van der Waals surface area contributed by atoms with E-state index in [1.807, 2.05) is 12.1 Å². The molecule has 2 N–H and O–H groups in total. The Labute approximate surface area is 181 Å². The second-order valence-corrected chi connectivity index (χ2v) is 8.55. The fourth-order valence-electron chi connectivity index (χ4n) is 3.06. The molecule has 1 aliphatic heterocycles. The van der Waals surface area contributed by atoms with Gasteiger partial charge in [-0.25, -0.2) is 4.98 Å². The van der Waals surface area contributed by atoms with Crippen LogP contribution in [0.4, 0.5) is 5.13 Å². The maximum absolute atomic E-state index is 12.3. The van der Waals surface area contributed by atoms with Crippen molar-refractivity contribution < 1.29 is 9.59 Å². The highest BCUT2D eigenvalue weighted by atomic mass is 35.5. The molecule has 2 aromatic rings. The number of carbonyl (C=O) groups excluding carboxylic acids is 2. The van der Waals surface area contributed by atoms with E-state index in [0.29, 0.717) is 32.0 Å². The summed E-state index contributed by atoms with van der Waals surface area (Å²) in [4.78, 5) is 28.6. The summed E-state index contributed by atoms with van der Waals surface area (Å²) in [7, 11) is 0. The number of hydrogen-bond acceptors (Lipinski definition) is 7. The zero-order chi connectivity index (χ0) is 21.0. The number of thioether (sulfide) groups is 1. The predicted molar refractivity (Wildman–Crippen MR) is 117 cm³/mol. The van der Waals surface area contributed by atoms with E-state index in [2.05, 4.69) is 21.7 Å². The van der Waals surface area contributed by atoms with Crippen LogP contribution in [0.3, 0.4) is 0 Å². The first-order valence-corrected chi connectivity index (χ1v) is 10.9. The molecule has 3 rings (SSSR count). The fourth-order valence-corrected chi connectivity index (χ4v) is 4.62. The first kappa shape index (κ1) is 21.1. The third-order valence-corrected chi connectivity index (χ3v) is 6.21. The van der Waals surface area contributed by atoms with E-state index >= 15 is 0 Å². The molecule has 0 saturated carbocycles. The van der Waals surface area contributed by atoms with Crippen LogP contribution in [0.1, 0.15) is 25.3 Å². The molecule has 1 atom stereocenters. The van der Waals surface area contributed by atoms with Crippen LogP contribution in [0.25, 0.3) is 0 Å². The van der Waals surface area contributed by atoms with E-state index in [-0.39, 0.29) is 17.4 Å². The van der Waals surface area contributed by atoms with Crippen molar-refractivity contribution in [2.75, 3.05) is 11.1 Å². The summed E-state index contributed by atoms with van der Waals surface area (Å²) in [5, 5.41) is 19.2. The van der Waals surface area contributed by atoms with E-state index in [4.69, 9.17) is 11.6 Å². The van der Waals surface area contributed by atoms with Gasteiger partial charge < -0.3 is 10.6 Å². The number of anilines is 1. The number of nitriles is 1. The maximum atomic E-state index is 12.3. The van der Waals surface area contributed by atoms with Gasteiger partial charge in [-0.1, -0.05) is 35.5 Å². The second-order valence-electron chi connectivity index (χ2n) is 6.23. The summed E-state index contributed by atoms with van der Waals surface area (Å²) >= 11 is 8.55. The van der Waals surface area contributed by atoms with Gasteiger partial charge in [-0.3, -0.25) is 9.59 Å². The summed E-state index contributed by atoms with van der Waals surface area (Å²) in [5.41, 5.74) is 2.39. The number of halogens is 1. The summed E-state index contributed by atoms with van der Waals surface area (Å²) < 4.78 is 0. The maximum Gasteiger partial charge on any atom is 0.236 e. The number of Topliss-reactive ketones (excluding diaryl/α,β-unsaturated/α-hetero) is 1. The molecule has 1 amide bonds. The normalized spacial score (nSPS) is 16.3. The van der Waals surface area contributed by atoms with Crippen molar-refractivity contribution in [3.8, 4) is 6.07 Å². The molecular weight excluding hydrogens is 428 g/mol. The van der Waals surface area contributed by atoms with Crippen LogP contribution in [0.2, 0.25) is 5.02 Å². The van der Waals surface area contributed by atoms with Gasteiger partial charge in [0.2, 0.25) is 5.91 Å². The molecule has 0 fully saturated rings. The minimum absolute atomic E-state index is 0.100. The number of thiazole rings is 1. The number of amides is 1. The third-order valence-electron chi connectivity index (χ3n) is 4.26. The molecule has 1 aromatic heterocycles. The first-order chi connectivity index (χ1) is 13.9. The highest BCUT2D eigenvalue weighted by molar-refractivity contribution is 8.03. The largest absolute Gasteiger partial charge is 0.353 e. The molecule has 2 heterocycles. The number of benzene rings is 1. The second kappa shape index (κ2) is 9.27. The van der Waals surface area contributed by atoms with Crippen molar-refractivity contribution in [1.29, 1.82) is 5.26 Å². The number of nitrogens with zero attached hydrogens (tertiary/aromatic N) is 2. The molecule has 0 saturated heterocycles. The number of aromatic nitrogens is 1. The van der Waals surface area contributed by atoms with Gasteiger partial charge in [-0.15, -0.1) is 11.3 Å². The number of nitrogens with one attached hydrogen (secondary N) is 2. The first-order valence-electron chi connectivity index (χ1n) is 8.61. The van der Waals surface area contributed by atoms with Crippen molar-refractivity contribution in [2.45, 2.75) is 19.8 Å². The van der Waals surface area contributed by atoms with Crippen LogP contribution in [0.5, 0.6) is 0 Å². The van der Waals surface area contributed by atoms with E-state index in [0.717, 1.165) is 5.56 Å². The van der Waals surface area contributed by atoms with Crippen molar-refractivity contribution in [2.24, 2.45) is 0 Å². The van der Waals surface area contributed by atoms with E-state index < -0.39 is 5.92 Å². The molecule has 0 radical (unpaired) electrons. The van der Waals surface area contributed by atoms with Gasteiger partial charge in [-0.2, -0.15) is 5.26 Å². The Hall–Kier alpha value is -2.60. The predicted octanol–water partition coefficient (Wildman–Crippen LogP) is 4.45. The van der Waals surface area contributed by atoms with Crippen LogP contribution in [0.15, 0.2) is 57.7 Å². The molecule has 1 unspecified atom stereocenters. The summed E-state index contributed by atoms with van der Waals surface area (Å²) in [6.07, 6.45) is 1.61. The quantitative estimate of drug-likeness (QED) is 0.683. The summed E-state index contributed by atoms with van der Waals surface area (Å²) in [6.45, 7) is 3.28. The average molecular weight is 445 g/mol. The number of hydrogen-bond donors (Lipinski definition) is 2. The molecule has 0 aliphatic carbocycles. The fraction of sp³-hybridized carbons (Fsp3) is 0.200. The Morgan fingerprint density at radius 2 is 2.10 bits per heavy atom. The van der Waals surface area contributed by atoms with Crippen molar-refractivity contribution >= 4 is 51.5 Å². The van der Waals surface area contributed by atoms with Gasteiger partial charge in [-0.05, 0) is 31.5 Å². The van der Waals surface area contributed by atoms with Gasteiger partial charge in [0.25, 0.3) is 0 Å². The SMILES string of the molecule is CC(=O)C1=C(C)NC(SCC(=O)Nc2nccs2)=C(C#N)C1c1ccc(Cl)cc1. The lowest BCUT2D eigenvalue weighted by Gasteiger charge is -2.29. The number of carbonyl (C=O) groups is 2. The average Bonchev–Trinajstić information content (AvgIpc) is 3.19. The van der Waals surface area contributed by atoms with E-state index in [1.54, 1.807) is 30.6 Å². The van der Waals surface area contributed by atoms with Crippen molar-refractivity contribution in [1.82, 2.24) is 10.3 Å². The van der Waals surface area contributed by atoms with Gasteiger partial charge >= 0.3 is 0 Å².